The summed E-state index contributed by atoms with van der Waals surface area (Å²) in [7, 11) is 0. The highest BCUT2D eigenvalue weighted by molar-refractivity contribution is 9.10. The number of phenols is 1. The van der Waals surface area contributed by atoms with E-state index in [2.05, 4.69) is 20.9 Å². The Kier molecular flexibility index (Phi) is 3.06. The molecule has 1 fully saturated rings. The Hall–Kier alpha value is -1.19. The minimum Gasteiger partial charge on any atom is -0.506 e. The molecule has 17 heavy (non-hydrogen) atoms. The average Bonchev–Trinajstić information content (AvgIpc) is 2.23. The number of aromatic hydroxyl groups is 1. The van der Waals surface area contributed by atoms with Crippen molar-refractivity contribution in [2.75, 3.05) is 0 Å². The van der Waals surface area contributed by atoms with Crippen molar-refractivity contribution in [3.63, 3.8) is 0 Å². The minimum atomic E-state index is -0.791. The van der Waals surface area contributed by atoms with E-state index in [1.807, 2.05) is 0 Å². The molecule has 1 N–H and O–H groups in total. The molecule has 1 aromatic rings. The summed E-state index contributed by atoms with van der Waals surface area (Å²) in [5.41, 5.74) is -0.0519. The van der Waals surface area contributed by atoms with Crippen molar-refractivity contribution in [3.05, 3.63) is 27.5 Å². The molecule has 0 saturated heterocycles. The van der Waals surface area contributed by atoms with Gasteiger partial charge in [0.1, 0.15) is 17.1 Å². The number of phenolic OH excluding ortho intramolecular Hbond substituents is 1. The normalized spacial score (nSPS) is 17.1. The Morgan fingerprint density at radius 2 is 2.24 bits per heavy atom. The maximum atomic E-state index is 13.7. The van der Waals surface area contributed by atoms with E-state index in [9.17, 15) is 14.3 Å². The Bertz CT molecular complexity index is 493. The zero-order chi connectivity index (χ0) is 12.6. The molecule has 0 spiro atoms. The summed E-state index contributed by atoms with van der Waals surface area (Å²) in [5.74, 6) is -0.459. The van der Waals surface area contributed by atoms with Crippen molar-refractivity contribution in [2.45, 2.75) is 31.7 Å². The standard InChI is InChI=1S/C12H11BrFNO2/c1-7-9(14)5-8(13)11(17)10(7)12(15-6-16)3-2-4-12/h5,17H,2-4H2,1H3. The van der Waals surface area contributed by atoms with Crippen LogP contribution in [0.3, 0.4) is 0 Å². The van der Waals surface area contributed by atoms with Gasteiger partial charge in [0.05, 0.1) is 4.47 Å². The number of isocyanates is 1. The lowest BCUT2D eigenvalue weighted by Gasteiger charge is -2.38. The molecule has 0 bridgehead atoms. The van der Waals surface area contributed by atoms with E-state index >= 15 is 0 Å². The second kappa shape index (κ2) is 4.24. The van der Waals surface area contributed by atoms with Gasteiger partial charge in [0, 0.05) is 5.56 Å². The van der Waals surface area contributed by atoms with Gasteiger partial charge in [-0.3, -0.25) is 0 Å². The Morgan fingerprint density at radius 3 is 2.71 bits per heavy atom. The van der Waals surface area contributed by atoms with Crippen LogP contribution >= 0.6 is 15.9 Å². The number of halogens is 2. The van der Waals surface area contributed by atoms with Crippen molar-refractivity contribution in [2.24, 2.45) is 4.99 Å². The van der Waals surface area contributed by atoms with Gasteiger partial charge in [-0.15, -0.1) is 0 Å². The highest BCUT2D eigenvalue weighted by atomic mass is 79.9. The maximum absolute atomic E-state index is 13.7. The van der Waals surface area contributed by atoms with Gasteiger partial charge >= 0.3 is 0 Å². The van der Waals surface area contributed by atoms with E-state index in [4.69, 9.17) is 0 Å². The lowest BCUT2D eigenvalue weighted by Crippen LogP contribution is -2.33. The molecule has 1 aromatic carbocycles. The number of nitrogens with zero attached hydrogens (tertiary/aromatic N) is 1. The number of hydrogen-bond acceptors (Lipinski definition) is 3. The quantitative estimate of drug-likeness (QED) is 0.673. The molecule has 0 unspecified atom stereocenters. The fraction of sp³-hybridized carbons (Fsp3) is 0.417. The van der Waals surface area contributed by atoms with Crippen molar-refractivity contribution in [3.8, 4) is 5.75 Å². The summed E-state index contributed by atoms with van der Waals surface area (Å²) < 4.78 is 14.0. The van der Waals surface area contributed by atoms with E-state index in [1.165, 1.54) is 12.1 Å². The molecule has 1 saturated carbocycles. The van der Waals surface area contributed by atoms with Crippen LogP contribution in [0.25, 0.3) is 0 Å². The summed E-state index contributed by atoms with van der Waals surface area (Å²) in [6, 6.07) is 1.21. The molecule has 0 heterocycles. The van der Waals surface area contributed by atoms with Crippen LogP contribution < -0.4 is 0 Å². The second-order valence-electron chi connectivity index (χ2n) is 4.28. The minimum absolute atomic E-state index is 0.0393. The van der Waals surface area contributed by atoms with Crippen LogP contribution in [0.5, 0.6) is 5.75 Å². The smallest absolute Gasteiger partial charge is 0.235 e. The third-order valence-corrected chi connectivity index (χ3v) is 3.96. The molecule has 2 rings (SSSR count). The van der Waals surface area contributed by atoms with Crippen molar-refractivity contribution in [1.82, 2.24) is 0 Å². The predicted octanol–water partition coefficient (Wildman–Crippen LogP) is 3.32. The van der Waals surface area contributed by atoms with Gasteiger partial charge in [-0.25, -0.2) is 9.18 Å². The summed E-state index contributed by atoms with van der Waals surface area (Å²) >= 11 is 3.10. The summed E-state index contributed by atoms with van der Waals surface area (Å²) in [4.78, 5) is 14.3. The summed E-state index contributed by atoms with van der Waals surface area (Å²) in [6.07, 6.45) is 3.69. The van der Waals surface area contributed by atoms with Crippen molar-refractivity contribution in [1.29, 1.82) is 0 Å². The van der Waals surface area contributed by atoms with Gasteiger partial charge in [-0.1, -0.05) is 0 Å². The van der Waals surface area contributed by atoms with Crippen LogP contribution in [-0.4, -0.2) is 11.2 Å². The van der Waals surface area contributed by atoms with Crippen LogP contribution in [0.2, 0.25) is 0 Å². The lowest BCUT2D eigenvalue weighted by molar-refractivity contribution is 0.245. The molecule has 0 radical (unpaired) electrons. The van der Waals surface area contributed by atoms with Crippen molar-refractivity contribution < 1.29 is 14.3 Å². The monoisotopic (exact) mass is 299 g/mol. The van der Waals surface area contributed by atoms with Gasteiger partial charge in [0.2, 0.25) is 6.08 Å². The van der Waals surface area contributed by atoms with Gasteiger partial charge in [0.25, 0.3) is 0 Å². The van der Waals surface area contributed by atoms with E-state index in [0.29, 0.717) is 24.0 Å². The summed E-state index contributed by atoms with van der Waals surface area (Å²) in [6.45, 7) is 1.58. The number of benzene rings is 1. The molecule has 0 aromatic heterocycles. The number of aliphatic imine (C=N–C) groups is 1. The largest absolute Gasteiger partial charge is 0.506 e. The first-order chi connectivity index (χ1) is 8.02. The van der Waals surface area contributed by atoms with E-state index in [-0.39, 0.29) is 10.2 Å². The highest BCUT2D eigenvalue weighted by Crippen LogP contribution is 2.51. The molecule has 0 atom stereocenters. The third-order valence-electron chi connectivity index (χ3n) is 3.36. The van der Waals surface area contributed by atoms with Gasteiger partial charge < -0.3 is 5.11 Å². The summed E-state index contributed by atoms with van der Waals surface area (Å²) in [5, 5.41) is 10.0. The zero-order valence-electron chi connectivity index (χ0n) is 9.26. The first-order valence-electron chi connectivity index (χ1n) is 5.29. The van der Waals surface area contributed by atoms with E-state index in [1.54, 1.807) is 6.92 Å². The number of carbonyl (C=O) groups excluding carboxylic acids is 1. The van der Waals surface area contributed by atoms with Crippen LogP contribution in [0.15, 0.2) is 15.5 Å². The molecule has 0 amide bonds. The van der Waals surface area contributed by atoms with Crippen LogP contribution in [0.1, 0.15) is 30.4 Å². The number of rotatable bonds is 2. The van der Waals surface area contributed by atoms with Crippen LogP contribution in [0.4, 0.5) is 4.39 Å². The predicted molar refractivity (Wildman–Crippen MR) is 64.2 cm³/mol. The van der Waals surface area contributed by atoms with Gasteiger partial charge in [-0.05, 0) is 53.7 Å². The lowest BCUT2D eigenvalue weighted by atomic mass is 9.70. The molecular weight excluding hydrogens is 289 g/mol. The third kappa shape index (κ3) is 1.79. The fourth-order valence-corrected chi connectivity index (χ4v) is 2.69. The number of hydrogen-bond donors (Lipinski definition) is 1. The molecule has 5 heteroatoms. The average molecular weight is 300 g/mol. The molecule has 90 valence electrons. The van der Waals surface area contributed by atoms with E-state index in [0.717, 1.165) is 6.42 Å². The van der Waals surface area contributed by atoms with Crippen molar-refractivity contribution >= 4 is 22.0 Å². The molecular formula is C12H11BrFNO2. The first-order valence-corrected chi connectivity index (χ1v) is 6.08. The first kappa shape index (κ1) is 12.3. The Balaban J connectivity index is 2.69. The van der Waals surface area contributed by atoms with Crippen LogP contribution in [0, 0.1) is 12.7 Å². The van der Waals surface area contributed by atoms with Gasteiger partial charge in [-0.2, -0.15) is 4.99 Å². The molecule has 1 aliphatic carbocycles. The Morgan fingerprint density at radius 1 is 1.59 bits per heavy atom. The SMILES string of the molecule is Cc1c(F)cc(Br)c(O)c1C1(N=C=O)CCC1. The molecule has 0 aliphatic heterocycles. The topological polar surface area (TPSA) is 49.7 Å². The van der Waals surface area contributed by atoms with Crippen LogP contribution in [-0.2, 0) is 10.3 Å². The molecule has 1 aliphatic rings. The molecule has 3 nitrogen and oxygen atoms in total. The van der Waals surface area contributed by atoms with E-state index < -0.39 is 11.4 Å². The van der Waals surface area contributed by atoms with Gasteiger partial charge in [0.15, 0.2) is 0 Å². The second-order valence-corrected chi connectivity index (χ2v) is 5.13. The Labute approximate surface area is 106 Å². The fourth-order valence-electron chi connectivity index (χ4n) is 2.29. The zero-order valence-corrected chi connectivity index (χ0v) is 10.8. The maximum Gasteiger partial charge on any atom is 0.235 e. The highest BCUT2D eigenvalue weighted by Gasteiger charge is 2.43.